The molecule has 82 valence electrons. The van der Waals surface area contributed by atoms with Gasteiger partial charge in [-0.05, 0) is 6.42 Å². The highest BCUT2D eigenvalue weighted by atomic mass is 32.2. The summed E-state index contributed by atoms with van der Waals surface area (Å²) in [6.07, 6.45) is 0.991. The van der Waals surface area contributed by atoms with E-state index in [0.29, 0.717) is 25.9 Å². The van der Waals surface area contributed by atoms with Crippen molar-refractivity contribution in [3.8, 4) is 0 Å². The Kier molecular flexibility index (Phi) is 3.66. The average molecular weight is 219 g/mol. The molecule has 0 aromatic carbocycles. The lowest BCUT2D eigenvalue weighted by molar-refractivity contribution is -0.124. The predicted octanol–water partition coefficient (Wildman–Crippen LogP) is 0.637. The average Bonchev–Trinajstić information content (AvgIpc) is 2.09. The fraction of sp³-hybridized carbons (Fsp3) is 0.889. The van der Waals surface area contributed by atoms with Crippen LogP contribution in [-0.2, 0) is 14.8 Å². The van der Waals surface area contributed by atoms with E-state index in [0.717, 1.165) is 0 Å². The maximum atomic E-state index is 11.7. The molecular formula is C9H17NO3S. The Balaban J connectivity index is 2.67. The van der Waals surface area contributed by atoms with Crippen molar-refractivity contribution in [2.75, 3.05) is 18.8 Å². The van der Waals surface area contributed by atoms with Crippen LogP contribution in [0.4, 0.5) is 0 Å². The molecule has 0 saturated carbocycles. The second-order valence-electron chi connectivity index (χ2n) is 3.79. The molecule has 4 nitrogen and oxygen atoms in total. The summed E-state index contributed by atoms with van der Waals surface area (Å²) in [5, 5.41) is 0. The summed E-state index contributed by atoms with van der Waals surface area (Å²) in [6.45, 7) is 4.36. The van der Waals surface area contributed by atoms with Crippen molar-refractivity contribution in [1.82, 2.24) is 4.31 Å². The van der Waals surface area contributed by atoms with Gasteiger partial charge < -0.3 is 0 Å². The van der Waals surface area contributed by atoms with Crippen LogP contribution >= 0.6 is 0 Å². The molecule has 0 spiro atoms. The third kappa shape index (κ3) is 2.54. The molecule has 1 unspecified atom stereocenters. The molecule has 0 aromatic heterocycles. The zero-order valence-corrected chi connectivity index (χ0v) is 9.51. The van der Waals surface area contributed by atoms with E-state index < -0.39 is 10.0 Å². The third-order valence-corrected chi connectivity index (χ3v) is 4.53. The normalized spacial score (nSPS) is 25.3. The number of rotatable bonds is 3. The van der Waals surface area contributed by atoms with Gasteiger partial charge in [0, 0.05) is 25.4 Å². The van der Waals surface area contributed by atoms with Gasteiger partial charge in [0.15, 0.2) is 0 Å². The van der Waals surface area contributed by atoms with Crippen LogP contribution in [0.1, 0.15) is 26.7 Å². The van der Waals surface area contributed by atoms with Crippen LogP contribution in [0.15, 0.2) is 0 Å². The lowest BCUT2D eigenvalue weighted by Crippen LogP contribution is -2.43. The second kappa shape index (κ2) is 4.40. The number of piperidine rings is 1. The highest BCUT2D eigenvalue weighted by Gasteiger charge is 2.30. The molecule has 1 heterocycles. The number of carbonyl (C=O) groups is 1. The van der Waals surface area contributed by atoms with Crippen molar-refractivity contribution in [1.29, 1.82) is 0 Å². The second-order valence-corrected chi connectivity index (χ2v) is 5.88. The molecule has 1 rings (SSSR count). The minimum Gasteiger partial charge on any atom is -0.299 e. The van der Waals surface area contributed by atoms with Gasteiger partial charge in [0.1, 0.15) is 5.78 Å². The van der Waals surface area contributed by atoms with E-state index in [1.54, 1.807) is 6.92 Å². The van der Waals surface area contributed by atoms with Gasteiger partial charge in [-0.15, -0.1) is 0 Å². The van der Waals surface area contributed by atoms with Gasteiger partial charge in [-0.1, -0.05) is 13.8 Å². The Labute approximate surface area is 85.3 Å². The number of hydrogen-bond donors (Lipinski definition) is 0. The zero-order valence-electron chi connectivity index (χ0n) is 8.69. The number of Topliss-reactive ketones (excluding diaryl/α,β-unsaturated/α-hetero) is 1. The van der Waals surface area contributed by atoms with Crippen LogP contribution in [0.2, 0.25) is 0 Å². The topological polar surface area (TPSA) is 54.5 Å². The monoisotopic (exact) mass is 219 g/mol. The molecule has 1 fully saturated rings. The van der Waals surface area contributed by atoms with E-state index in [2.05, 4.69) is 0 Å². The molecule has 5 heteroatoms. The lowest BCUT2D eigenvalue weighted by atomic mass is 10.0. The van der Waals surface area contributed by atoms with Crippen LogP contribution in [0.3, 0.4) is 0 Å². The minimum absolute atomic E-state index is 0.143. The number of nitrogens with zero attached hydrogens (tertiary/aromatic N) is 1. The van der Waals surface area contributed by atoms with Gasteiger partial charge >= 0.3 is 0 Å². The van der Waals surface area contributed by atoms with E-state index in [1.165, 1.54) is 4.31 Å². The molecule has 1 aliphatic heterocycles. The number of carbonyl (C=O) groups excluding carboxylic acids is 1. The number of ketones is 1. The zero-order chi connectivity index (χ0) is 10.8. The summed E-state index contributed by atoms with van der Waals surface area (Å²) in [6, 6.07) is 0. The summed E-state index contributed by atoms with van der Waals surface area (Å²) < 4.78 is 24.8. The lowest BCUT2D eigenvalue weighted by Gasteiger charge is -2.28. The van der Waals surface area contributed by atoms with Crippen LogP contribution in [0, 0.1) is 5.92 Å². The molecule has 0 bridgehead atoms. The first-order valence-electron chi connectivity index (χ1n) is 4.98. The van der Waals surface area contributed by atoms with Crippen molar-refractivity contribution >= 4 is 15.8 Å². The molecule has 1 aliphatic rings. The van der Waals surface area contributed by atoms with Gasteiger partial charge in [-0.3, -0.25) is 4.79 Å². The fourth-order valence-electron chi connectivity index (χ4n) is 1.62. The maximum absolute atomic E-state index is 11.7. The molecule has 14 heavy (non-hydrogen) atoms. The summed E-state index contributed by atoms with van der Waals surface area (Å²) in [5.74, 6) is 0.219. The van der Waals surface area contributed by atoms with E-state index >= 15 is 0 Å². The maximum Gasteiger partial charge on any atom is 0.214 e. The highest BCUT2D eigenvalue weighted by molar-refractivity contribution is 7.89. The summed E-state index contributed by atoms with van der Waals surface area (Å²) in [7, 11) is -3.11. The molecule has 0 aromatic rings. The van der Waals surface area contributed by atoms with Crippen molar-refractivity contribution in [2.45, 2.75) is 26.7 Å². The summed E-state index contributed by atoms with van der Waals surface area (Å²) in [5.41, 5.74) is 0. The molecule has 0 N–H and O–H groups in total. The summed E-state index contributed by atoms with van der Waals surface area (Å²) >= 11 is 0. The van der Waals surface area contributed by atoms with Gasteiger partial charge in [-0.25, -0.2) is 12.7 Å². The smallest absolute Gasteiger partial charge is 0.214 e. The Morgan fingerprint density at radius 2 is 2.14 bits per heavy atom. The first-order chi connectivity index (χ1) is 6.47. The van der Waals surface area contributed by atoms with Gasteiger partial charge in [-0.2, -0.15) is 0 Å². The van der Waals surface area contributed by atoms with Crippen molar-refractivity contribution in [2.24, 2.45) is 5.92 Å². The van der Waals surface area contributed by atoms with Crippen molar-refractivity contribution in [3.63, 3.8) is 0 Å². The Morgan fingerprint density at radius 3 is 2.64 bits per heavy atom. The van der Waals surface area contributed by atoms with E-state index in [9.17, 15) is 13.2 Å². The molecule has 0 amide bonds. The van der Waals surface area contributed by atoms with E-state index in [1.807, 2.05) is 6.92 Å². The van der Waals surface area contributed by atoms with Crippen molar-refractivity contribution < 1.29 is 13.2 Å². The molecule has 1 atom stereocenters. The summed E-state index contributed by atoms with van der Waals surface area (Å²) in [4.78, 5) is 11.2. The predicted molar refractivity (Wildman–Crippen MR) is 54.4 cm³/mol. The first kappa shape index (κ1) is 11.7. The van der Waals surface area contributed by atoms with Gasteiger partial charge in [0.2, 0.25) is 10.0 Å². The fourth-order valence-corrected chi connectivity index (χ4v) is 3.21. The van der Waals surface area contributed by atoms with Gasteiger partial charge in [0.05, 0.1) is 5.75 Å². The minimum atomic E-state index is -3.11. The Hall–Kier alpha value is -0.420. The van der Waals surface area contributed by atoms with Crippen LogP contribution in [0.25, 0.3) is 0 Å². The van der Waals surface area contributed by atoms with E-state index in [4.69, 9.17) is 0 Å². The molecule has 0 radical (unpaired) electrons. The highest BCUT2D eigenvalue weighted by Crippen LogP contribution is 2.16. The largest absolute Gasteiger partial charge is 0.299 e. The van der Waals surface area contributed by atoms with Gasteiger partial charge in [0.25, 0.3) is 0 Å². The first-order valence-corrected chi connectivity index (χ1v) is 6.59. The molecule has 1 saturated heterocycles. The van der Waals surface area contributed by atoms with Crippen LogP contribution in [-0.4, -0.2) is 37.3 Å². The molecule has 0 aliphatic carbocycles. The third-order valence-electron chi connectivity index (χ3n) is 2.49. The Morgan fingerprint density at radius 1 is 1.50 bits per heavy atom. The standard InChI is InChI=1S/C9H17NO3S/c1-3-6-14(12,13)10-5-4-9(11)8(2)7-10/h8H,3-7H2,1-2H3. The Bertz CT molecular complexity index is 310. The SMILES string of the molecule is CCCS(=O)(=O)N1CCC(=O)C(C)C1. The quantitative estimate of drug-likeness (QED) is 0.700. The van der Waals surface area contributed by atoms with E-state index in [-0.39, 0.29) is 17.5 Å². The number of sulfonamides is 1. The number of hydrogen-bond acceptors (Lipinski definition) is 3. The van der Waals surface area contributed by atoms with Crippen LogP contribution < -0.4 is 0 Å². The van der Waals surface area contributed by atoms with Crippen molar-refractivity contribution in [3.05, 3.63) is 0 Å². The molecular weight excluding hydrogens is 202 g/mol. The van der Waals surface area contributed by atoms with Crippen LogP contribution in [0.5, 0.6) is 0 Å².